The Morgan fingerprint density at radius 2 is 1.87 bits per heavy atom. The molecule has 5 atom stereocenters. The number of nitrogens with zero attached hydrogens (tertiary/aromatic N) is 3. The van der Waals surface area contributed by atoms with Crippen LogP contribution in [0.25, 0.3) is 0 Å². The molecule has 3 aliphatic heterocycles. The van der Waals surface area contributed by atoms with Crippen molar-refractivity contribution in [2.45, 2.75) is 87.9 Å². The Morgan fingerprint density at radius 1 is 1.09 bits per heavy atom. The summed E-state index contributed by atoms with van der Waals surface area (Å²) in [4.78, 5) is 22.0. The first-order valence-electron chi connectivity index (χ1n) is 15.5. The van der Waals surface area contributed by atoms with E-state index in [4.69, 9.17) is 14.2 Å². The molecule has 4 aliphatic rings. The summed E-state index contributed by atoms with van der Waals surface area (Å²) in [6, 6.07) is 1.48. The van der Waals surface area contributed by atoms with Gasteiger partial charge in [-0.2, -0.15) is 13.2 Å². The van der Waals surface area contributed by atoms with E-state index in [1.807, 2.05) is 0 Å². The molecule has 0 saturated carbocycles. The number of carbonyl (C=O) groups excluding carboxylic acids is 1. The summed E-state index contributed by atoms with van der Waals surface area (Å²) in [6.45, 7) is 1.98. The number of hydrogen-bond acceptors (Lipinski definition) is 9. The largest absolute Gasteiger partial charge is 0.573 e. The zero-order chi connectivity index (χ0) is 32.9. The molecular formula is C30H39F6N5O5. The molecule has 0 bridgehead atoms. The molecule has 1 unspecified atom stereocenters. The lowest BCUT2D eigenvalue weighted by atomic mass is 9.88. The first-order valence-corrected chi connectivity index (χ1v) is 15.5. The van der Waals surface area contributed by atoms with E-state index >= 15 is 0 Å². The Hall–Kier alpha value is -2.95. The summed E-state index contributed by atoms with van der Waals surface area (Å²) >= 11 is 0. The van der Waals surface area contributed by atoms with Gasteiger partial charge in [0.25, 0.3) is 5.91 Å². The fraction of sp³-hybridized carbons (Fsp3) is 0.700. The van der Waals surface area contributed by atoms with Crippen molar-refractivity contribution in [3.05, 3.63) is 41.6 Å². The van der Waals surface area contributed by atoms with Crippen LogP contribution in [0.4, 0.5) is 32.2 Å². The Labute approximate surface area is 262 Å². The van der Waals surface area contributed by atoms with Gasteiger partial charge < -0.3 is 34.5 Å². The molecule has 1 aromatic heterocycles. The van der Waals surface area contributed by atoms with E-state index in [9.17, 15) is 31.1 Å². The molecule has 1 amide bonds. The quantitative estimate of drug-likeness (QED) is 0.359. The molecule has 0 spiro atoms. The van der Waals surface area contributed by atoms with Gasteiger partial charge in [0, 0.05) is 57.4 Å². The van der Waals surface area contributed by atoms with Crippen molar-refractivity contribution in [1.82, 2.24) is 20.2 Å². The van der Waals surface area contributed by atoms with Crippen LogP contribution in [0, 0.1) is 5.92 Å². The zero-order valence-corrected chi connectivity index (χ0v) is 25.4. The van der Waals surface area contributed by atoms with Crippen molar-refractivity contribution in [3.63, 3.8) is 0 Å². The van der Waals surface area contributed by atoms with Gasteiger partial charge in [0.15, 0.2) is 0 Å². The maximum absolute atomic E-state index is 13.7. The van der Waals surface area contributed by atoms with E-state index in [1.54, 1.807) is 13.2 Å². The predicted molar refractivity (Wildman–Crippen MR) is 153 cm³/mol. The minimum Gasteiger partial charge on any atom is -0.406 e. The van der Waals surface area contributed by atoms with Crippen molar-refractivity contribution < 1.29 is 50.1 Å². The lowest BCUT2D eigenvalue weighted by molar-refractivity contribution is -0.303. The van der Waals surface area contributed by atoms with Crippen molar-refractivity contribution in [1.29, 1.82) is 0 Å². The number of methoxy groups -OCH3 is 1. The number of aromatic nitrogens is 2. The van der Waals surface area contributed by atoms with Gasteiger partial charge in [-0.1, -0.05) is 6.08 Å². The van der Waals surface area contributed by atoms with E-state index in [1.165, 1.54) is 23.1 Å². The Kier molecular flexibility index (Phi) is 11.1. The molecule has 3 fully saturated rings. The number of rotatable bonds is 9. The number of carbonyl (C=O) groups is 1. The van der Waals surface area contributed by atoms with Crippen molar-refractivity contribution in [3.8, 4) is 0 Å². The highest BCUT2D eigenvalue weighted by Gasteiger charge is 2.38. The maximum Gasteiger partial charge on any atom is 0.573 e. The smallest absolute Gasteiger partial charge is 0.406 e. The number of nitrogens with one attached hydrogen (secondary N) is 2. The first kappa shape index (κ1) is 34.4. The SMILES string of the molecule is CO[C@@H]1COCC[C@@H]1NC1CCN(C(=O)c2cc(NCC3CCC[C@@H]([C@H]4C=CC(OC(F)(F)F)=CC4)O3)nc(C(F)(F)F)n2)CC1. The Balaban J connectivity index is 1.17. The fourth-order valence-corrected chi connectivity index (χ4v) is 6.34. The fourth-order valence-electron chi connectivity index (χ4n) is 6.34. The molecule has 0 aromatic carbocycles. The molecule has 10 nitrogen and oxygen atoms in total. The van der Waals surface area contributed by atoms with E-state index in [2.05, 4.69) is 25.3 Å². The monoisotopic (exact) mass is 663 g/mol. The van der Waals surface area contributed by atoms with Gasteiger partial charge in [0.1, 0.15) is 17.3 Å². The summed E-state index contributed by atoms with van der Waals surface area (Å²) in [5.74, 6) is -2.60. The van der Waals surface area contributed by atoms with Crippen molar-refractivity contribution in [2.75, 3.05) is 45.3 Å². The maximum atomic E-state index is 13.7. The number of hydrogen-bond donors (Lipinski definition) is 2. The normalized spacial score (nSPS) is 28.1. The molecule has 1 aliphatic carbocycles. The minimum atomic E-state index is -4.87. The van der Waals surface area contributed by atoms with Crippen LogP contribution in [0.2, 0.25) is 0 Å². The number of halogens is 6. The average molecular weight is 664 g/mol. The molecule has 5 rings (SSSR count). The third-order valence-corrected chi connectivity index (χ3v) is 8.74. The second kappa shape index (κ2) is 14.9. The highest BCUT2D eigenvalue weighted by molar-refractivity contribution is 5.93. The van der Waals surface area contributed by atoms with Crippen LogP contribution < -0.4 is 10.6 Å². The Morgan fingerprint density at radius 3 is 2.54 bits per heavy atom. The van der Waals surface area contributed by atoms with Gasteiger partial charge in [0.05, 0.1) is 24.9 Å². The third-order valence-electron chi connectivity index (χ3n) is 8.74. The van der Waals surface area contributed by atoms with Crippen molar-refractivity contribution >= 4 is 11.7 Å². The zero-order valence-electron chi connectivity index (χ0n) is 25.4. The summed E-state index contributed by atoms with van der Waals surface area (Å²) in [5.41, 5.74) is -0.349. The van der Waals surface area contributed by atoms with E-state index in [-0.39, 0.29) is 60.1 Å². The highest BCUT2D eigenvalue weighted by atomic mass is 19.4. The summed E-state index contributed by atoms with van der Waals surface area (Å²) < 4.78 is 99.8. The van der Waals surface area contributed by atoms with Gasteiger partial charge in [0.2, 0.25) is 5.82 Å². The van der Waals surface area contributed by atoms with E-state index in [0.29, 0.717) is 58.4 Å². The van der Waals surface area contributed by atoms with Crippen LogP contribution in [0.15, 0.2) is 30.1 Å². The lowest BCUT2D eigenvalue weighted by Crippen LogP contribution is -2.54. The lowest BCUT2D eigenvalue weighted by Gasteiger charge is -2.38. The molecular weight excluding hydrogens is 624 g/mol. The van der Waals surface area contributed by atoms with Gasteiger partial charge >= 0.3 is 12.5 Å². The summed E-state index contributed by atoms with van der Waals surface area (Å²) in [5, 5.41) is 6.48. The van der Waals surface area contributed by atoms with Gasteiger partial charge in [-0.3, -0.25) is 4.79 Å². The van der Waals surface area contributed by atoms with Crippen LogP contribution in [0.3, 0.4) is 0 Å². The number of anilines is 1. The molecule has 2 N–H and O–H groups in total. The third kappa shape index (κ3) is 9.32. The van der Waals surface area contributed by atoms with Crippen LogP contribution in [-0.4, -0.2) is 97.5 Å². The molecule has 3 saturated heterocycles. The highest BCUT2D eigenvalue weighted by Crippen LogP contribution is 2.33. The predicted octanol–water partition coefficient (Wildman–Crippen LogP) is 4.84. The molecule has 256 valence electrons. The molecule has 1 aromatic rings. The van der Waals surface area contributed by atoms with E-state index in [0.717, 1.165) is 12.8 Å². The molecule has 16 heteroatoms. The average Bonchev–Trinajstić information content (AvgIpc) is 3.03. The Bertz CT molecular complexity index is 1250. The van der Waals surface area contributed by atoms with Crippen LogP contribution in [0.5, 0.6) is 0 Å². The van der Waals surface area contributed by atoms with Crippen LogP contribution in [0.1, 0.15) is 61.3 Å². The van der Waals surface area contributed by atoms with Gasteiger partial charge in [-0.15, -0.1) is 13.2 Å². The molecule has 46 heavy (non-hydrogen) atoms. The molecule has 0 radical (unpaired) electrons. The summed E-state index contributed by atoms with van der Waals surface area (Å²) in [7, 11) is 1.64. The van der Waals surface area contributed by atoms with Gasteiger partial charge in [-0.25, -0.2) is 9.97 Å². The topological polar surface area (TPSA) is 107 Å². The number of ether oxygens (including phenoxy) is 4. The van der Waals surface area contributed by atoms with Crippen LogP contribution >= 0.6 is 0 Å². The number of amides is 1. The second-order valence-corrected chi connectivity index (χ2v) is 12.0. The number of allylic oxidation sites excluding steroid dienone is 2. The van der Waals surface area contributed by atoms with Gasteiger partial charge in [-0.05, 0) is 57.1 Å². The first-order chi connectivity index (χ1) is 21.9. The minimum absolute atomic E-state index is 0.0674. The number of piperidine rings is 1. The van der Waals surface area contributed by atoms with E-state index < -0.39 is 24.3 Å². The standard InChI is InChI=1S/C30H39F6N5O5/c1-43-25-17-44-14-11-22(25)38-19-9-12-41(13-10-19)27(42)23-15-26(40-28(39-23)29(31,32)33)37-16-21-3-2-4-24(45-21)18-5-7-20(8-6-18)46-30(34,35)36/h5,7-8,15,18-19,21-22,24-25,38H,2-4,6,9-14,16-17H2,1H3,(H,37,39,40)/t18-,21?,22-,24-,25+/m0/s1. The second-order valence-electron chi connectivity index (χ2n) is 12.0. The van der Waals surface area contributed by atoms with Crippen LogP contribution in [-0.2, 0) is 25.1 Å². The summed E-state index contributed by atoms with van der Waals surface area (Å²) in [6.07, 6.45) is -1.66. The number of alkyl halides is 6. The number of likely N-dealkylation sites (tertiary alicyclic amines) is 1. The molecule has 4 heterocycles. The van der Waals surface area contributed by atoms with Crippen molar-refractivity contribution in [2.24, 2.45) is 5.92 Å².